The van der Waals surface area contributed by atoms with Crippen molar-refractivity contribution in [2.75, 3.05) is 26.2 Å². The first-order valence-electron chi connectivity index (χ1n) is 12.3. The summed E-state index contributed by atoms with van der Waals surface area (Å²) in [5.41, 5.74) is 4.30. The molecule has 1 unspecified atom stereocenters. The quantitative estimate of drug-likeness (QED) is 0.283. The Morgan fingerprint density at radius 2 is 1.76 bits per heavy atom. The lowest BCUT2D eigenvalue weighted by atomic mass is 10.0. The zero-order chi connectivity index (χ0) is 24.0. The average molecular weight is 465 g/mol. The predicted molar refractivity (Wildman–Crippen MR) is 135 cm³/mol. The van der Waals surface area contributed by atoms with Crippen LogP contribution in [0.1, 0.15) is 61.4 Å². The molecule has 7 nitrogen and oxygen atoms in total. The van der Waals surface area contributed by atoms with Gasteiger partial charge in [-0.3, -0.25) is 14.5 Å². The number of nitrogens with zero attached hydrogens (tertiary/aromatic N) is 2. The second-order valence-corrected chi connectivity index (χ2v) is 8.47. The van der Waals surface area contributed by atoms with Crippen molar-refractivity contribution in [1.82, 2.24) is 15.6 Å². The van der Waals surface area contributed by atoms with Gasteiger partial charge < -0.3 is 10.1 Å². The molecule has 0 bridgehead atoms. The fraction of sp³-hybridized carbons (Fsp3) is 0.444. The number of hydrazone groups is 1. The van der Waals surface area contributed by atoms with E-state index in [0.29, 0.717) is 18.7 Å². The van der Waals surface area contributed by atoms with Crippen molar-refractivity contribution in [3.63, 3.8) is 0 Å². The van der Waals surface area contributed by atoms with E-state index in [2.05, 4.69) is 20.7 Å². The highest BCUT2D eigenvalue weighted by Crippen LogP contribution is 2.17. The molecule has 2 aromatic carbocycles. The fourth-order valence-corrected chi connectivity index (χ4v) is 4.13. The lowest BCUT2D eigenvalue weighted by Gasteiger charge is -2.33. The zero-order valence-corrected chi connectivity index (χ0v) is 20.0. The first kappa shape index (κ1) is 25.4. The van der Waals surface area contributed by atoms with E-state index < -0.39 is 0 Å². The van der Waals surface area contributed by atoms with E-state index in [4.69, 9.17) is 4.74 Å². The number of piperidine rings is 1. The minimum Gasteiger partial charge on any atom is -0.494 e. The number of benzene rings is 2. The van der Waals surface area contributed by atoms with Gasteiger partial charge in [-0.25, -0.2) is 5.43 Å². The lowest BCUT2D eigenvalue weighted by molar-refractivity contribution is -0.127. The van der Waals surface area contributed by atoms with Crippen LogP contribution in [0, 0.1) is 0 Å². The molecule has 0 aliphatic carbocycles. The van der Waals surface area contributed by atoms with Crippen LogP contribution in [0.5, 0.6) is 5.75 Å². The van der Waals surface area contributed by atoms with E-state index in [1.165, 1.54) is 6.42 Å². The van der Waals surface area contributed by atoms with Crippen LogP contribution in [-0.2, 0) is 4.79 Å². The van der Waals surface area contributed by atoms with Gasteiger partial charge in [-0.05, 0) is 94.1 Å². The monoisotopic (exact) mass is 464 g/mol. The number of nitrogens with one attached hydrogen (secondary N) is 2. The van der Waals surface area contributed by atoms with Gasteiger partial charge in [0.05, 0.1) is 18.9 Å². The largest absolute Gasteiger partial charge is 0.494 e. The summed E-state index contributed by atoms with van der Waals surface area (Å²) in [4.78, 5) is 27.4. The molecule has 1 saturated heterocycles. The van der Waals surface area contributed by atoms with E-state index >= 15 is 0 Å². The molecule has 7 heteroatoms. The van der Waals surface area contributed by atoms with Crippen LogP contribution in [0.15, 0.2) is 59.7 Å². The summed E-state index contributed by atoms with van der Waals surface area (Å²) in [7, 11) is 0. The normalized spacial score (nSPS) is 15.1. The van der Waals surface area contributed by atoms with E-state index in [1.807, 2.05) is 49.4 Å². The molecule has 182 valence electrons. The van der Waals surface area contributed by atoms with Gasteiger partial charge in [-0.15, -0.1) is 0 Å². The van der Waals surface area contributed by atoms with Crippen LogP contribution >= 0.6 is 0 Å². The summed E-state index contributed by atoms with van der Waals surface area (Å²) in [5.74, 6) is 0.681. The van der Waals surface area contributed by atoms with E-state index in [0.717, 1.165) is 56.5 Å². The van der Waals surface area contributed by atoms with Crippen molar-refractivity contribution in [3.8, 4) is 5.75 Å². The number of hydrogen-bond acceptors (Lipinski definition) is 5. The molecule has 2 amide bonds. The molecular weight excluding hydrogens is 428 g/mol. The Kier molecular flexibility index (Phi) is 10.6. The number of likely N-dealkylation sites (tertiary alicyclic amines) is 1. The summed E-state index contributed by atoms with van der Waals surface area (Å²) < 4.78 is 5.45. The minimum absolute atomic E-state index is 0.0606. The zero-order valence-electron chi connectivity index (χ0n) is 20.0. The molecule has 2 aromatic rings. The second kappa shape index (κ2) is 14.2. The van der Waals surface area contributed by atoms with Crippen LogP contribution < -0.4 is 15.5 Å². The van der Waals surface area contributed by atoms with Gasteiger partial charge in [0.2, 0.25) is 0 Å². The molecule has 1 heterocycles. The standard InChI is InChI=1S/C27H36N4O3/c1-2-34-24-16-14-22(15-17-24)21-29-30-27(33)25(31-19-9-4-10-20-31)13-7-8-18-28-26(32)23-11-5-3-6-12-23/h3,5-6,11-12,14-17,21,25H,2,4,7-10,13,18-20H2,1H3,(H,28,32)(H,30,33). The molecule has 1 aliphatic heterocycles. The predicted octanol–water partition coefficient (Wildman–Crippen LogP) is 3.99. The van der Waals surface area contributed by atoms with Gasteiger partial charge >= 0.3 is 0 Å². The maximum atomic E-state index is 13.0. The van der Waals surface area contributed by atoms with Crippen molar-refractivity contribution in [3.05, 3.63) is 65.7 Å². The maximum Gasteiger partial charge on any atom is 0.257 e. The third-order valence-corrected chi connectivity index (χ3v) is 5.94. The third-order valence-electron chi connectivity index (χ3n) is 5.94. The Labute approximate surface area is 202 Å². The van der Waals surface area contributed by atoms with Gasteiger partial charge in [0.25, 0.3) is 11.8 Å². The minimum atomic E-state index is -0.206. The Balaban J connectivity index is 1.47. The van der Waals surface area contributed by atoms with Crippen LogP contribution in [-0.4, -0.2) is 55.2 Å². The highest BCUT2D eigenvalue weighted by atomic mass is 16.5. The Hall–Kier alpha value is -3.19. The summed E-state index contributed by atoms with van der Waals surface area (Å²) in [6.07, 6.45) is 7.52. The van der Waals surface area contributed by atoms with Gasteiger partial charge in [0.15, 0.2) is 0 Å². The molecule has 0 aromatic heterocycles. The third kappa shape index (κ3) is 8.30. The first-order chi connectivity index (χ1) is 16.7. The van der Waals surface area contributed by atoms with Crippen LogP contribution in [0.3, 0.4) is 0 Å². The Morgan fingerprint density at radius 3 is 2.47 bits per heavy atom. The second-order valence-electron chi connectivity index (χ2n) is 8.47. The number of carbonyl (C=O) groups is 2. The highest BCUT2D eigenvalue weighted by Gasteiger charge is 2.26. The first-order valence-corrected chi connectivity index (χ1v) is 12.3. The van der Waals surface area contributed by atoms with Crippen molar-refractivity contribution in [1.29, 1.82) is 0 Å². The summed E-state index contributed by atoms with van der Waals surface area (Å²) in [6.45, 7) is 5.04. The van der Waals surface area contributed by atoms with Gasteiger partial charge in [-0.1, -0.05) is 24.6 Å². The molecule has 0 spiro atoms. The molecular formula is C27H36N4O3. The topological polar surface area (TPSA) is 83.0 Å². The molecule has 34 heavy (non-hydrogen) atoms. The lowest BCUT2D eigenvalue weighted by Crippen LogP contribution is -2.47. The number of amides is 2. The van der Waals surface area contributed by atoms with Crippen LogP contribution in [0.4, 0.5) is 0 Å². The Bertz CT molecular complexity index is 909. The average Bonchev–Trinajstić information content (AvgIpc) is 2.88. The maximum absolute atomic E-state index is 13.0. The molecule has 2 N–H and O–H groups in total. The summed E-state index contributed by atoms with van der Waals surface area (Å²) >= 11 is 0. The number of hydrogen-bond donors (Lipinski definition) is 2. The Morgan fingerprint density at radius 1 is 1.03 bits per heavy atom. The van der Waals surface area contributed by atoms with E-state index in [-0.39, 0.29) is 17.9 Å². The van der Waals surface area contributed by atoms with Gasteiger partial charge in [0, 0.05) is 12.1 Å². The number of ether oxygens (including phenoxy) is 1. The molecule has 1 aliphatic rings. The highest BCUT2D eigenvalue weighted by molar-refractivity contribution is 5.94. The van der Waals surface area contributed by atoms with Gasteiger partial charge in [-0.2, -0.15) is 5.10 Å². The molecule has 0 radical (unpaired) electrons. The van der Waals surface area contributed by atoms with E-state index in [9.17, 15) is 9.59 Å². The van der Waals surface area contributed by atoms with Crippen molar-refractivity contribution in [2.45, 2.75) is 51.5 Å². The van der Waals surface area contributed by atoms with Gasteiger partial charge in [0.1, 0.15) is 5.75 Å². The van der Waals surface area contributed by atoms with Crippen molar-refractivity contribution < 1.29 is 14.3 Å². The number of rotatable bonds is 12. The van der Waals surface area contributed by atoms with Crippen molar-refractivity contribution in [2.24, 2.45) is 5.10 Å². The smallest absolute Gasteiger partial charge is 0.257 e. The SMILES string of the molecule is CCOc1ccc(C=NNC(=O)C(CCCCNC(=O)c2ccccc2)N2CCCCC2)cc1. The number of unbranched alkanes of at least 4 members (excludes halogenated alkanes) is 1. The molecule has 1 fully saturated rings. The molecule has 0 saturated carbocycles. The van der Waals surface area contributed by atoms with Crippen molar-refractivity contribution >= 4 is 18.0 Å². The molecule has 1 atom stereocenters. The summed E-state index contributed by atoms with van der Waals surface area (Å²) in [5, 5.41) is 7.15. The van der Waals surface area contributed by atoms with E-state index in [1.54, 1.807) is 18.3 Å². The number of carbonyl (C=O) groups excluding carboxylic acids is 2. The molecule has 3 rings (SSSR count). The van der Waals surface area contributed by atoms with Crippen LogP contribution in [0.25, 0.3) is 0 Å². The fourth-order valence-electron chi connectivity index (χ4n) is 4.13. The van der Waals surface area contributed by atoms with Crippen LogP contribution in [0.2, 0.25) is 0 Å². The summed E-state index contributed by atoms with van der Waals surface area (Å²) in [6, 6.07) is 16.6.